The second kappa shape index (κ2) is 5.98. The molecule has 3 aliphatic heterocycles. The van der Waals surface area contributed by atoms with Gasteiger partial charge in [0.1, 0.15) is 0 Å². The van der Waals surface area contributed by atoms with Gasteiger partial charge in [0, 0.05) is 44.0 Å². The number of anilines is 1. The van der Waals surface area contributed by atoms with Crippen LogP contribution in [0.1, 0.15) is 37.7 Å². The fourth-order valence-corrected chi connectivity index (χ4v) is 4.49. The molecule has 21 heavy (non-hydrogen) atoms. The van der Waals surface area contributed by atoms with Gasteiger partial charge in [0.05, 0.1) is 0 Å². The summed E-state index contributed by atoms with van der Waals surface area (Å²) < 4.78 is 0. The number of rotatable bonds is 4. The lowest BCUT2D eigenvalue weighted by Crippen LogP contribution is -2.39. The number of hydrogen-bond acceptors (Lipinski definition) is 3. The van der Waals surface area contributed by atoms with Crippen LogP contribution in [-0.2, 0) is 6.54 Å². The van der Waals surface area contributed by atoms with Gasteiger partial charge in [0.2, 0.25) is 0 Å². The normalized spacial score (nSPS) is 29.2. The molecule has 3 fully saturated rings. The van der Waals surface area contributed by atoms with E-state index < -0.39 is 0 Å². The van der Waals surface area contributed by atoms with Crippen LogP contribution in [-0.4, -0.2) is 43.2 Å². The summed E-state index contributed by atoms with van der Waals surface area (Å²) in [5.41, 5.74) is 2.94. The molecule has 2 unspecified atom stereocenters. The minimum atomic E-state index is 0.708. The Labute approximate surface area is 128 Å². The monoisotopic (exact) mass is 285 g/mol. The van der Waals surface area contributed by atoms with Gasteiger partial charge in [-0.3, -0.25) is 4.90 Å². The first kappa shape index (κ1) is 13.6. The molecule has 1 N–H and O–H groups in total. The molecule has 0 bridgehead atoms. The summed E-state index contributed by atoms with van der Waals surface area (Å²) in [5, 5.41) is 3.86. The lowest BCUT2D eigenvalue weighted by Gasteiger charge is -2.24. The number of hydrogen-bond donors (Lipinski definition) is 1. The van der Waals surface area contributed by atoms with Gasteiger partial charge in [-0.05, 0) is 50.3 Å². The van der Waals surface area contributed by atoms with Crippen molar-refractivity contribution in [1.29, 1.82) is 0 Å². The highest BCUT2D eigenvalue weighted by atomic mass is 15.2. The largest absolute Gasteiger partial charge is 0.371 e. The summed E-state index contributed by atoms with van der Waals surface area (Å²) in [5.74, 6) is 0. The third-order valence-corrected chi connectivity index (χ3v) is 5.60. The molecule has 3 nitrogen and oxygen atoms in total. The van der Waals surface area contributed by atoms with E-state index in [-0.39, 0.29) is 0 Å². The van der Waals surface area contributed by atoms with Gasteiger partial charge in [0.15, 0.2) is 0 Å². The van der Waals surface area contributed by atoms with Crippen molar-refractivity contribution in [2.75, 3.05) is 31.1 Å². The maximum Gasteiger partial charge on any atom is 0.0411 e. The summed E-state index contributed by atoms with van der Waals surface area (Å²) >= 11 is 0. The van der Waals surface area contributed by atoms with Gasteiger partial charge < -0.3 is 10.2 Å². The summed E-state index contributed by atoms with van der Waals surface area (Å²) in [4.78, 5) is 5.25. The summed E-state index contributed by atoms with van der Waals surface area (Å²) in [6.07, 6.45) is 6.82. The van der Waals surface area contributed by atoms with Crippen LogP contribution in [0.3, 0.4) is 0 Å². The molecular weight excluding hydrogens is 258 g/mol. The molecule has 0 saturated carbocycles. The van der Waals surface area contributed by atoms with Crippen LogP contribution in [0.25, 0.3) is 0 Å². The Balaban J connectivity index is 1.42. The van der Waals surface area contributed by atoms with E-state index in [1.165, 1.54) is 69.5 Å². The third-order valence-electron chi connectivity index (χ3n) is 5.60. The molecular formula is C18H27N3. The van der Waals surface area contributed by atoms with Crippen molar-refractivity contribution < 1.29 is 0 Å². The average molecular weight is 285 g/mol. The minimum Gasteiger partial charge on any atom is -0.371 e. The van der Waals surface area contributed by atoms with Crippen molar-refractivity contribution >= 4 is 5.69 Å². The van der Waals surface area contributed by atoms with Gasteiger partial charge in [0.25, 0.3) is 0 Å². The number of para-hydroxylation sites is 1. The maximum absolute atomic E-state index is 3.86. The minimum absolute atomic E-state index is 0.708. The smallest absolute Gasteiger partial charge is 0.0411 e. The number of nitrogens with one attached hydrogen (secondary N) is 1. The predicted molar refractivity (Wildman–Crippen MR) is 87.7 cm³/mol. The maximum atomic E-state index is 3.86. The Morgan fingerprint density at radius 2 is 1.81 bits per heavy atom. The van der Waals surface area contributed by atoms with Crippen molar-refractivity contribution in [3.8, 4) is 0 Å². The Kier molecular flexibility index (Phi) is 3.87. The van der Waals surface area contributed by atoms with Crippen molar-refractivity contribution in [2.45, 2.75) is 50.7 Å². The first-order valence-electron chi connectivity index (χ1n) is 8.72. The van der Waals surface area contributed by atoms with E-state index in [2.05, 4.69) is 39.4 Å². The lowest BCUT2D eigenvalue weighted by atomic mass is 10.1. The van der Waals surface area contributed by atoms with E-state index in [9.17, 15) is 0 Å². The molecule has 0 aromatic heterocycles. The van der Waals surface area contributed by atoms with E-state index in [0.717, 1.165) is 12.6 Å². The highest BCUT2D eigenvalue weighted by Crippen LogP contribution is 2.29. The quantitative estimate of drug-likeness (QED) is 0.917. The highest BCUT2D eigenvalue weighted by molar-refractivity contribution is 5.54. The van der Waals surface area contributed by atoms with Gasteiger partial charge in [-0.25, -0.2) is 0 Å². The second-order valence-corrected chi connectivity index (χ2v) is 6.84. The zero-order valence-electron chi connectivity index (χ0n) is 12.9. The topological polar surface area (TPSA) is 18.5 Å². The Hall–Kier alpha value is -1.06. The van der Waals surface area contributed by atoms with Crippen LogP contribution in [0.5, 0.6) is 0 Å². The zero-order chi connectivity index (χ0) is 14.1. The molecule has 3 heterocycles. The van der Waals surface area contributed by atoms with Gasteiger partial charge in [-0.1, -0.05) is 18.2 Å². The SMILES string of the molecule is c1ccc(N2CCCC2)c(CNC2CCN3CCCC23)c1. The van der Waals surface area contributed by atoms with Crippen molar-refractivity contribution in [2.24, 2.45) is 0 Å². The van der Waals surface area contributed by atoms with Crippen LogP contribution in [0.15, 0.2) is 24.3 Å². The molecule has 0 aliphatic carbocycles. The van der Waals surface area contributed by atoms with Crippen molar-refractivity contribution in [1.82, 2.24) is 10.2 Å². The van der Waals surface area contributed by atoms with Gasteiger partial charge >= 0.3 is 0 Å². The molecule has 1 aromatic rings. The van der Waals surface area contributed by atoms with E-state index in [1.807, 2.05) is 0 Å². The molecule has 1 aromatic carbocycles. The van der Waals surface area contributed by atoms with Crippen LogP contribution in [0.2, 0.25) is 0 Å². The van der Waals surface area contributed by atoms with E-state index >= 15 is 0 Å². The molecule has 0 spiro atoms. The number of nitrogens with zero attached hydrogens (tertiary/aromatic N) is 2. The molecule has 114 valence electrons. The predicted octanol–water partition coefficient (Wildman–Crippen LogP) is 2.61. The molecule has 4 rings (SSSR count). The zero-order valence-corrected chi connectivity index (χ0v) is 12.9. The third kappa shape index (κ3) is 2.69. The van der Waals surface area contributed by atoms with Crippen molar-refractivity contribution in [3.63, 3.8) is 0 Å². The number of fused-ring (bicyclic) bond motifs is 1. The fraction of sp³-hybridized carbons (Fsp3) is 0.667. The molecule has 3 aliphatic rings. The Morgan fingerprint density at radius 3 is 2.71 bits per heavy atom. The van der Waals surface area contributed by atoms with Gasteiger partial charge in [-0.15, -0.1) is 0 Å². The molecule has 0 amide bonds. The Bertz CT molecular complexity index is 481. The fourth-order valence-electron chi connectivity index (χ4n) is 4.49. The first-order chi connectivity index (χ1) is 10.4. The average Bonchev–Trinajstić information content (AvgIpc) is 3.24. The van der Waals surface area contributed by atoms with E-state index in [4.69, 9.17) is 0 Å². The summed E-state index contributed by atoms with van der Waals surface area (Å²) in [6.45, 7) is 6.12. The second-order valence-electron chi connectivity index (χ2n) is 6.84. The first-order valence-corrected chi connectivity index (χ1v) is 8.72. The molecule has 2 atom stereocenters. The van der Waals surface area contributed by atoms with Crippen LogP contribution in [0, 0.1) is 0 Å². The van der Waals surface area contributed by atoms with E-state index in [1.54, 1.807) is 0 Å². The summed E-state index contributed by atoms with van der Waals surface area (Å²) in [6, 6.07) is 10.5. The molecule has 3 heteroatoms. The van der Waals surface area contributed by atoms with E-state index in [0.29, 0.717) is 6.04 Å². The molecule has 0 radical (unpaired) electrons. The van der Waals surface area contributed by atoms with Crippen LogP contribution >= 0.6 is 0 Å². The Morgan fingerprint density at radius 1 is 0.952 bits per heavy atom. The summed E-state index contributed by atoms with van der Waals surface area (Å²) in [7, 11) is 0. The lowest BCUT2D eigenvalue weighted by molar-refractivity contribution is 0.298. The highest BCUT2D eigenvalue weighted by Gasteiger charge is 2.36. The number of benzene rings is 1. The molecule has 3 saturated heterocycles. The standard InChI is InChI=1S/C18H27N3/c1-2-7-17(20-10-3-4-11-20)15(6-1)14-19-16-9-13-21-12-5-8-18(16)21/h1-2,6-7,16,18-19H,3-5,8-14H2. The van der Waals surface area contributed by atoms with Crippen LogP contribution in [0.4, 0.5) is 5.69 Å². The van der Waals surface area contributed by atoms with Gasteiger partial charge in [-0.2, -0.15) is 0 Å². The van der Waals surface area contributed by atoms with Crippen LogP contribution < -0.4 is 10.2 Å². The van der Waals surface area contributed by atoms with Crippen molar-refractivity contribution in [3.05, 3.63) is 29.8 Å².